The van der Waals surface area contributed by atoms with Gasteiger partial charge in [-0.25, -0.2) is 4.79 Å². The summed E-state index contributed by atoms with van der Waals surface area (Å²) in [4.78, 5) is 25.0. The van der Waals surface area contributed by atoms with Crippen LogP contribution >= 0.6 is 11.8 Å². The van der Waals surface area contributed by atoms with E-state index in [1.807, 2.05) is 6.92 Å². The Kier molecular flexibility index (Phi) is 4.08. The van der Waals surface area contributed by atoms with Crippen molar-refractivity contribution in [3.8, 4) is 11.5 Å². The zero-order valence-electron chi connectivity index (χ0n) is 10.8. The number of aliphatic carboxylic acids is 1. The molecule has 2 unspecified atom stereocenters. The molecule has 1 fully saturated rings. The molecule has 6 nitrogen and oxygen atoms in total. The van der Waals surface area contributed by atoms with Crippen LogP contribution in [0.3, 0.4) is 0 Å². The van der Waals surface area contributed by atoms with Crippen LogP contribution in [0.4, 0.5) is 0 Å². The second-order valence-corrected chi connectivity index (χ2v) is 5.65. The molecular formula is C13H15NO5S. The Balaban J connectivity index is 2.38. The van der Waals surface area contributed by atoms with E-state index in [1.54, 1.807) is 0 Å². The summed E-state index contributed by atoms with van der Waals surface area (Å²) in [6.45, 7) is 1.87. The van der Waals surface area contributed by atoms with Crippen LogP contribution in [0.25, 0.3) is 0 Å². The van der Waals surface area contributed by atoms with Gasteiger partial charge in [0.05, 0.1) is 10.9 Å². The van der Waals surface area contributed by atoms with Gasteiger partial charge in [0.2, 0.25) is 0 Å². The van der Waals surface area contributed by atoms with E-state index >= 15 is 0 Å². The maximum absolute atomic E-state index is 12.5. The number of hydrogen-bond donors (Lipinski definition) is 3. The first-order valence-corrected chi connectivity index (χ1v) is 7.20. The molecule has 1 aromatic carbocycles. The number of rotatable bonds is 3. The van der Waals surface area contributed by atoms with E-state index in [0.29, 0.717) is 12.2 Å². The Bertz CT molecular complexity index is 548. The lowest BCUT2D eigenvalue weighted by Gasteiger charge is -2.27. The fourth-order valence-electron chi connectivity index (χ4n) is 2.18. The van der Waals surface area contributed by atoms with E-state index in [4.69, 9.17) is 0 Å². The number of hydrogen-bond acceptors (Lipinski definition) is 5. The molecule has 2 atom stereocenters. The van der Waals surface area contributed by atoms with Crippen LogP contribution in [0, 0.1) is 0 Å². The van der Waals surface area contributed by atoms with E-state index in [1.165, 1.54) is 34.9 Å². The number of thioether (sulfide) groups is 1. The maximum Gasteiger partial charge on any atom is 0.327 e. The highest BCUT2D eigenvalue weighted by Crippen LogP contribution is 2.36. The van der Waals surface area contributed by atoms with Crippen LogP contribution < -0.4 is 0 Å². The van der Waals surface area contributed by atoms with Gasteiger partial charge in [0, 0.05) is 5.75 Å². The minimum Gasteiger partial charge on any atom is -0.504 e. The third-order valence-electron chi connectivity index (χ3n) is 3.21. The number of phenolic OH excluding ortho intramolecular Hbond substituents is 2. The van der Waals surface area contributed by atoms with Crippen molar-refractivity contribution in [1.82, 2.24) is 4.90 Å². The summed E-state index contributed by atoms with van der Waals surface area (Å²) in [5.41, 5.74) is -0.0859. The molecule has 1 amide bonds. The lowest BCUT2D eigenvalue weighted by atomic mass is 10.1. The van der Waals surface area contributed by atoms with Crippen molar-refractivity contribution in [1.29, 1.82) is 0 Å². The molecule has 108 valence electrons. The Hall–Kier alpha value is -1.89. The number of carbonyl (C=O) groups excluding carboxylic acids is 1. The van der Waals surface area contributed by atoms with E-state index in [9.17, 15) is 24.9 Å². The monoisotopic (exact) mass is 297 g/mol. The van der Waals surface area contributed by atoms with Gasteiger partial charge < -0.3 is 20.2 Å². The van der Waals surface area contributed by atoms with Crippen molar-refractivity contribution >= 4 is 23.6 Å². The smallest absolute Gasteiger partial charge is 0.327 e. The average Bonchev–Trinajstić information content (AvgIpc) is 2.85. The number of carboxylic acids is 1. The first-order chi connectivity index (χ1) is 9.47. The summed E-state index contributed by atoms with van der Waals surface area (Å²) in [6, 6.07) is 3.14. The van der Waals surface area contributed by atoms with Crippen LogP contribution in [0.15, 0.2) is 18.2 Å². The quantitative estimate of drug-likeness (QED) is 0.731. The summed E-state index contributed by atoms with van der Waals surface area (Å²) in [6.07, 6.45) is 0.611. The molecule has 2 rings (SSSR count). The molecule has 0 spiro atoms. The number of carboxylic acid groups (broad SMARTS) is 1. The second-order valence-electron chi connectivity index (χ2n) is 4.44. The van der Waals surface area contributed by atoms with Gasteiger partial charge in [-0.2, -0.15) is 0 Å². The van der Waals surface area contributed by atoms with Crippen molar-refractivity contribution in [3.63, 3.8) is 0 Å². The Morgan fingerprint density at radius 2 is 2.10 bits per heavy atom. The van der Waals surface area contributed by atoms with Gasteiger partial charge in [0.25, 0.3) is 5.91 Å². The first-order valence-electron chi connectivity index (χ1n) is 6.15. The largest absolute Gasteiger partial charge is 0.504 e. The molecule has 3 N–H and O–H groups in total. The third-order valence-corrected chi connectivity index (χ3v) is 4.66. The summed E-state index contributed by atoms with van der Waals surface area (Å²) in [5.74, 6) is -2.25. The number of benzene rings is 1. The normalized spacial score (nSPS) is 21.9. The van der Waals surface area contributed by atoms with Crippen LogP contribution in [0.1, 0.15) is 23.7 Å². The number of nitrogens with zero attached hydrogens (tertiary/aromatic N) is 1. The SMILES string of the molecule is CCC1SCC(C(=O)O)N1C(=O)c1cccc(O)c1O. The number of aromatic hydroxyl groups is 2. The average molecular weight is 297 g/mol. The van der Waals surface area contributed by atoms with Crippen molar-refractivity contribution in [2.75, 3.05) is 5.75 Å². The van der Waals surface area contributed by atoms with Crippen LogP contribution in [0.2, 0.25) is 0 Å². The molecule has 1 aliphatic rings. The van der Waals surface area contributed by atoms with Gasteiger partial charge in [0.1, 0.15) is 6.04 Å². The van der Waals surface area contributed by atoms with Crippen LogP contribution in [-0.4, -0.2) is 49.3 Å². The van der Waals surface area contributed by atoms with Crippen molar-refractivity contribution in [3.05, 3.63) is 23.8 Å². The second kappa shape index (κ2) is 5.62. The zero-order chi connectivity index (χ0) is 14.9. The van der Waals surface area contributed by atoms with Gasteiger partial charge in [-0.05, 0) is 18.6 Å². The van der Waals surface area contributed by atoms with Gasteiger partial charge in [-0.1, -0.05) is 13.0 Å². The first kappa shape index (κ1) is 14.5. The van der Waals surface area contributed by atoms with Crippen molar-refractivity contribution in [2.24, 2.45) is 0 Å². The number of carbonyl (C=O) groups is 2. The molecule has 0 saturated carbocycles. The molecule has 0 aromatic heterocycles. The Morgan fingerprint density at radius 3 is 2.70 bits per heavy atom. The van der Waals surface area contributed by atoms with Gasteiger partial charge in [-0.15, -0.1) is 11.8 Å². The summed E-state index contributed by atoms with van der Waals surface area (Å²) in [5, 5.41) is 28.2. The molecular weight excluding hydrogens is 282 g/mol. The summed E-state index contributed by atoms with van der Waals surface area (Å²) < 4.78 is 0. The summed E-state index contributed by atoms with van der Waals surface area (Å²) in [7, 11) is 0. The van der Waals surface area contributed by atoms with Crippen molar-refractivity contribution < 1.29 is 24.9 Å². The summed E-state index contributed by atoms with van der Waals surface area (Å²) >= 11 is 1.40. The molecule has 7 heteroatoms. The van der Waals surface area contributed by atoms with Gasteiger partial charge in [0.15, 0.2) is 11.5 Å². The maximum atomic E-state index is 12.5. The molecule has 0 radical (unpaired) electrons. The third kappa shape index (κ3) is 2.40. The standard InChI is InChI=1S/C13H15NO5S/c1-2-10-14(8(6-20-10)13(18)19)12(17)7-4-3-5-9(15)11(7)16/h3-5,8,10,15-16H,2,6H2,1H3,(H,18,19). The molecule has 1 heterocycles. The lowest BCUT2D eigenvalue weighted by Crippen LogP contribution is -2.45. The molecule has 0 bridgehead atoms. The highest BCUT2D eigenvalue weighted by molar-refractivity contribution is 8.00. The number of amides is 1. The fraction of sp³-hybridized carbons (Fsp3) is 0.385. The van der Waals surface area contributed by atoms with E-state index in [2.05, 4.69) is 0 Å². The highest BCUT2D eigenvalue weighted by Gasteiger charge is 2.41. The number of phenols is 2. The van der Waals surface area contributed by atoms with E-state index < -0.39 is 29.4 Å². The zero-order valence-corrected chi connectivity index (χ0v) is 11.6. The molecule has 1 saturated heterocycles. The number of para-hydroxylation sites is 1. The predicted molar refractivity (Wildman–Crippen MR) is 73.9 cm³/mol. The predicted octanol–water partition coefficient (Wildman–Crippen LogP) is 1.48. The molecule has 1 aliphatic heterocycles. The lowest BCUT2D eigenvalue weighted by molar-refractivity contribution is -0.141. The highest BCUT2D eigenvalue weighted by atomic mass is 32.2. The van der Waals surface area contributed by atoms with Crippen molar-refractivity contribution in [2.45, 2.75) is 24.8 Å². The minimum atomic E-state index is -1.07. The van der Waals surface area contributed by atoms with Crippen LogP contribution in [0.5, 0.6) is 11.5 Å². The minimum absolute atomic E-state index is 0.0859. The topological polar surface area (TPSA) is 98.1 Å². The van der Waals surface area contributed by atoms with Gasteiger partial charge in [-0.3, -0.25) is 4.79 Å². The Morgan fingerprint density at radius 1 is 1.40 bits per heavy atom. The fourth-order valence-corrected chi connectivity index (χ4v) is 3.53. The van der Waals surface area contributed by atoms with E-state index in [-0.39, 0.29) is 10.9 Å². The molecule has 0 aliphatic carbocycles. The van der Waals surface area contributed by atoms with Gasteiger partial charge >= 0.3 is 5.97 Å². The molecule has 1 aromatic rings. The Labute approximate surface area is 120 Å². The molecule has 20 heavy (non-hydrogen) atoms. The van der Waals surface area contributed by atoms with E-state index in [0.717, 1.165) is 0 Å². The van der Waals surface area contributed by atoms with Crippen LogP contribution in [-0.2, 0) is 4.79 Å².